The summed E-state index contributed by atoms with van der Waals surface area (Å²) in [6.45, 7) is 5.64. The molecule has 0 unspecified atom stereocenters. The second kappa shape index (κ2) is 6.75. The second-order valence-electron chi connectivity index (χ2n) is 6.30. The van der Waals surface area contributed by atoms with E-state index in [0.29, 0.717) is 18.9 Å². The first-order chi connectivity index (χ1) is 10.3. The van der Waals surface area contributed by atoms with Crippen molar-refractivity contribution < 1.29 is 13.3 Å². The highest BCUT2D eigenvalue weighted by molar-refractivity contribution is 7.91. The van der Waals surface area contributed by atoms with Gasteiger partial charge in [-0.25, -0.2) is 8.42 Å². The highest BCUT2D eigenvalue weighted by atomic mass is 32.2. The summed E-state index contributed by atoms with van der Waals surface area (Å²) in [7, 11) is -2.92. The maximum atomic E-state index is 11.7. The Labute approximate surface area is 131 Å². The van der Waals surface area contributed by atoms with Gasteiger partial charge < -0.3 is 0 Å². The van der Waals surface area contributed by atoms with Gasteiger partial charge in [0.2, 0.25) is 0 Å². The van der Waals surface area contributed by atoms with Crippen LogP contribution in [0.15, 0.2) is 24.3 Å². The van der Waals surface area contributed by atoms with E-state index < -0.39 is 14.8 Å². The van der Waals surface area contributed by atoms with E-state index in [1.807, 2.05) is 0 Å². The van der Waals surface area contributed by atoms with Crippen LogP contribution in [0, 0.1) is 16.0 Å². The third-order valence-electron chi connectivity index (χ3n) is 3.86. The lowest BCUT2D eigenvalue weighted by molar-refractivity contribution is -0.384. The fourth-order valence-electron chi connectivity index (χ4n) is 2.83. The van der Waals surface area contributed by atoms with Crippen molar-refractivity contribution in [2.75, 3.05) is 18.1 Å². The van der Waals surface area contributed by atoms with Crippen LogP contribution in [0.1, 0.15) is 25.8 Å². The molecular formula is C15H22N2O4S. The molecule has 0 aliphatic carbocycles. The Hall–Kier alpha value is -1.47. The van der Waals surface area contributed by atoms with E-state index in [-0.39, 0.29) is 23.2 Å². The quantitative estimate of drug-likeness (QED) is 0.591. The molecule has 1 aromatic carbocycles. The maximum Gasteiger partial charge on any atom is 0.269 e. The summed E-state index contributed by atoms with van der Waals surface area (Å²) in [5.74, 6) is 0.903. The molecule has 1 atom stereocenters. The molecule has 1 saturated heterocycles. The molecule has 0 saturated carbocycles. The molecular weight excluding hydrogens is 304 g/mol. The summed E-state index contributed by atoms with van der Waals surface area (Å²) < 4.78 is 23.4. The van der Waals surface area contributed by atoms with Gasteiger partial charge in [-0.2, -0.15) is 0 Å². The molecule has 1 heterocycles. The molecule has 1 aliphatic heterocycles. The van der Waals surface area contributed by atoms with Crippen molar-refractivity contribution in [1.82, 2.24) is 4.90 Å². The zero-order valence-corrected chi connectivity index (χ0v) is 13.8. The number of benzene rings is 1. The lowest BCUT2D eigenvalue weighted by Crippen LogP contribution is -2.38. The number of nitro groups is 1. The van der Waals surface area contributed by atoms with E-state index in [0.717, 1.165) is 12.1 Å². The molecule has 22 heavy (non-hydrogen) atoms. The van der Waals surface area contributed by atoms with Crippen molar-refractivity contribution >= 4 is 15.5 Å². The highest BCUT2D eigenvalue weighted by Crippen LogP contribution is 2.22. The molecule has 1 fully saturated rings. The van der Waals surface area contributed by atoms with E-state index in [1.165, 1.54) is 12.1 Å². The molecule has 0 radical (unpaired) electrons. The smallest absolute Gasteiger partial charge is 0.269 e. The fraction of sp³-hybridized carbons (Fsp3) is 0.600. The number of rotatable bonds is 6. The molecule has 1 aliphatic rings. The lowest BCUT2D eigenvalue weighted by atomic mass is 10.1. The van der Waals surface area contributed by atoms with Gasteiger partial charge in [-0.3, -0.25) is 15.0 Å². The predicted octanol–water partition coefficient (Wildman–Crippen LogP) is 2.24. The molecule has 0 spiro atoms. The predicted molar refractivity (Wildman–Crippen MR) is 85.4 cm³/mol. The van der Waals surface area contributed by atoms with Gasteiger partial charge in [0.25, 0.3) is 5.69 Å². The normalized spacial score (nSPS) is 20.6. The minimum absolute atomic E-state index is 0.0441. The molecule has 0 aromatic heterocycles. The largest absolute Gasteiger partial charge is 0.295 e. The van der Waals surface area contributed by atoms with Gasteiger partial charge in [0.15, 0.2) is 9.84 Å². The van der Waals surface area contributed by atoms with Gasteiger partial charge >= 0.3 is 0 Å². The first-order valence-electron chi connectivity index (χ1n) is 7.44. The zero-order chi connectivity index (χ0) is 16.3. The maximum absolute atomic E-state index is 11.7. The van der Waals surface area contributed by atoms with Crippen LogP contribution in [0.4, 0.5) is 5.69 Å². The molecule has 1 aromatic rings. The van der Waals surface area contributed by atoms with Gasteiger partial charge in [0.05, 0.1) is 16.4 Å². The Balaban J connectivity index is 2.11. The molecule has 7 heteroatoms. The Morgan fingerprint density at radius 3 is 2.41 bits per heavy atom. The zero-order valence-electron chi connectivity index (χ0n) is 12.9. The summed E-state index contributed by atoms with van der Waals surface area (Å²) in [6.07, 6.45) is 0.669. The third kappa shape index (κ3) is 4.51. The van der Waals surface area contributed by atoms with E-state index in [2.05, 4.69) is 18.7 Å². The molecule has 0 bridgehead atoms. The van der Waals surface area contributed by atoms with Crippen molar-refractivity contribution in [3.63, 3.8) is 0 Å². The molecule has 6 nitrogen and oxygen atoms in total. The van der Waals surface area contributed by atoms with Crippen LogP contribution in [0.25, 0.3) is 0 Å². The summed E-state index contributed by atoms with van der Waals surface area (Å²) in [5, 5.41) is 10.7. The summed E-state index contributed by atoms with van der Waals surface area (Å²) in [4.78, 5) is 12.5. The van der Waals surface area contributed by atoms with Crippen LogP contribution >= 0.6 is 0 Å². The number of nitro benzene ring substituents is 1. The van der Waals surface area contributed by atoms with Crippen molar-refractivity contribution in [2.45, 2.75) is 32.9 Å². The molecule has 2 rings (SSSR count). The average molecular weight is 326 g/mol. The number of non-ortho nitro benzene ring substituents is 1. The van der Waals surface area contributed by atoms with E-state index in [4.69, 9.17) is 0 Å². The van der Waals surface area contributed by atoms with Gasteiger partial charge in [0, 0.05) is 31.3 Å². The van der Waals surface area contributed by atoms with Crippen LogP contribution < -0.4 is 0 Å². The summed E-state index contributed by atoms with van der Waals surface area (Å²) in [6, 6.07) is 6.52. The van der Waals surface area contributed by atoms with E-state index in [1.54, 1.807) is 12.1 Å². The second-order valence-corrected chi connectivity index (χ2v) is 8.53. The third-order valence-corrected chi connectivity index (χ3v) is 5.61. The molecule has 122 valence electrons. The average Bonchev–Trinajstić information content (AvgIpc) is 2.78. The first kappa shape index (κ1) is 16.9. The Bertz CT molecular complexity index is 625. The number of nitrogens with zero attached hydrogens (tertiary/aromatic N) is 2. The standard InChI is InChI=1S/C15H22N2O4S/c1-12(2)9-16(15-7-8-22(20,21)11-15)10-13-3-5-14(6-4-13)17(18)19/h3-6,12,15H,7-11H2,1-2H3/t15-/m1/s1. The number of hydrogen-bond acceptors (Lipinski definition) is 5. The SMILES string of the molecule is CC(C)CN(Cc1ccc([N+](=O)[O-])cc1)[C@@H]1CCS(=O)(=O)C1. The number of sulfone groups is 1. The van der Waals surface area contributed by atoms with Crippen LogP contribution in [0.3, 0.4) is 0 Å². The van der Waals surface area contributed by atoms with Crippen molar-refractivity contribution in [1.29, 1.82) is 0 Å². The fourth-order valence-corrected chi connectivity index (χ4v) is 4.59. The molecule has 0 N–H and O–H groups in total. The van der Waals surface area contributed by atoms with Crippen molar-refractivity contribution in [3.05, 3.63) is 39.9 Å². The molecule has 0 amide bonds. The van der Waals surface area contributed by atoms with Crippen molar-refractivity contribution in [3.8, 4) is 0 Å². The van der Waals surface area contributed by atoms with E-state index in [9.17, 15) is 18.5 Å². The Morgan fingerprint density at radius 2 is 1.95 bits per heavy atom. The first-order valence-corrected chi connectivity index (χ1v) is 9.27. The topological polar surface area (TPSA) is 80.5 Å². The highest BCUT2D eigenvalue weighted by Gasteiger charge is 2.32. The summed E-state index contributed by atoms with van der Waals surface area (Å²) in [5.41, 5.74) is 1.04. The van der Waals surface area contributed by atoms with Crippen molar-refractivity contribution in [2.24, 2.45) is 5.92 Å². The monoisotopic (exact) mass is 326 g/mol. The summed E-state index contributed by atoms with van der Waals surface area (Å²) >= 11 is 0. The van der Waals surface area contributed by atoms with Crippen LogP contribution in [0.2, 0.25) is 0 Å². The Kier molecular flexibility index (Phi) is 5.18. The minimum atomic E-state index is -2.92. The number of hydrogen-bond donors (Lipinski definition) is 0. The minimum Gasteiger partial charge on any atom is -0.295 e. The van der Waals surface area contributed by atoms with Gasteiger partial charge in [-0.05, 0) is 17.9 Å². The van der Waals surface area contributed by atoms with Crippen LogP contribution in [0.5, 0.6) is 0 Å². The van der Waals surface area contributed by atoms with Gasteiger partial charge in [0.1, 0.15) is 0 Å². The van der Waals surface area contributed by atoms with E-state index >= 15 is 0 Å². The van der Waals surface area contributed by atoms with Crippen LogP contribution in [-0.4, -0.2) is 42.3 Å². The van der Waals surface area contributed by atoms with Gasteiger partial charge in [-0.1, -0.05) is 26.0 Å². The Morgan fingerprint density at radius 1 is 1.32 bits per heavy atom. The van der Waals surface area contributed by atoms with Gasteiger partial charge in [-0.15, -0.1) is 0 Å². The lowest BCUT2D eigenvalue weighted by Gasteiger charge is -2.29. The van der Waals surface area contributed by atoms with Crippen LogP contribution in [-0.2, 0) is 16.4 Å².